The third kappa shape index (κ3) is 5.72. The molecule has 0 bridgehead atoms. The fourth-order valence-corrected chi connectivity index (χ4v) is 3.90. The van der Waals surface area contributed by atoms with Crippen LogP contribution in [0.2, 0.25) is 0 Å². The minimum Gasteiger partial charge on any atom is -0.465 e. The minimum absolute atomic E-state index is 0. The Labute approximate surface area is 215 Å². The number of hydrogen-bond acceptors (Lipinski definition) is 5. The van der Waals surface area contributed by atoms with E-state index in [-0.39, 0.29) is 37.3 Å². The van der Waals surface area contributed by atoms with E-state index >= 15 is 0 Å². The van der Waals surface area contributed by atoms with Crippen LogP contribution < -0.4 is 10.6 Å². The molecule has 4 rings (SSSR count). The van der Waals surface area contributed by atoms with Crippen molar-refractivity contribution in [1.82, 2.24) is 9.55 Å². The molecule has 0 spiro atoms. The van der Waals surface area contributed by atoms with Gasteiger partial charge in [0.1, 0.15) is 18.2 Å². The summed E-state index contributed by atoms with van der Waals surface area (Å²) in [5.74, 6) is 0.107. The first kappa shape index (κ1) is 26.4. The van der Waals surface area contributed by atoms with Crippen LogP contribution in [-0.4, -0.2) is 40.4 Å². The maximum Gasteiger partial charge on any atom is 0.326 e. The third-order valence-electron chi connectivity index (χ3n) is 5.75. The molecule has 0 aliphatic carbocycles. The highest BCUT2D eigenvalue weighted by molar-refractivity contribution is 6.09. The number of halogens is 1. The van der Waals surface area contributed by atoms with Gasteiger partial charge in [-0.1, -0.05) is 42.5 Å². The quantitative estimate of drug-likeness (QED) is 0.213. The van der Waals surface area contributed by atoms with E-state index in [0.717, 1.165) is 22.4 Å². The van der Waals surface area contributed by atoms with Gasteiger partial charge in [0.25, 0.3) is 5.91 Å². The highest BCUT2D eigenvalue weighted by atomic mass is 35.5. The number of amidine groups is 1. The summed E-state index contributed by atoms with van der Waals surface area (Å²) >= 11 is 0. The second-order valence-corrected chi connectivity index (χ2v) is 8.11. The van der Waals surface area contributed by atoms with E-state index in [2.05, 4.69) is 0 Å². The molecule has 9 heteroatoms. The predicted molar refractivity (Wildman–Crippen MR) is 143 cm³/mol. The number of ether oxygens (including phenoxy) is 1. The van der Waals surface area contributed by atoms with E-state index in [9.17, 15) is 9.59 Å². The van der Waals surface area contributed by atoms with E-state index in [1.54, 1.807) is 31.2 Å². The zero-order valence-electron chi connectivity index (χ0n) is 20.1. The Balaban J connectivity index is 0.00000361. The molecule has 0 saturated heterocycles. The molecule has 1 aromatic heterocycles. The molecule has 1 heterocycles. The van der Waals surface area contributed by atoms with Gasteiger partial charge in [-0.2, -0.15) is 0 Å². The number of nitrogens with zero attached hydrogens (tertiary/aromatic N) is 3. The number of esters is 1. The van der Waals surface area contributed by atoms with E-state index in [1.807, 2.05) is 60.1 Å². The lowest BCUT2D eigenvalue weighted by atomic mass is 10.1. The van der Waals surface area contributed by atoms with Crippen molar-refractivity contribution in [3.8, 4) is 0 Å². The lowest BCUT2D eigenvalue weighted by molar-refractivity contribution is -0.141. The largest absolute Gasteiger partial charge is 0.465 e. The molecule has 0 unspecified atom stereocenters. The van der Waals surface area contributed by atoms with E-state index in [1.165, 1.54) is 4.90 Å². The number of rotatable bonds is 8. The first-order valence-electron chi connectivity index (χ1n) is 11.3. The number of nitrogens with one attached hydrogen (secondary N) is 1. The van der Waals surface area contributed by atoms with Gasteiger partial charge in [-0.15, -0.1) is 12.4 Å². The van der Waals surface area contributed by atoms with Crippen molar-refractivity contribution in [2.24, 2.45) is 12.8 Å². The molecule has 3 N–H and O–H groups in total. The highest BCUT2D eigenvalue weighted by Crippen LogP contribution is 2.25. The maximum absolute atomic E-state index is 13.3. The highest BCUT2D eigenvalue weighted by Gasteiger charge is 2.22. The van der Waals surface area contributed by atoms with Crippen molar-refractivity contribution in [2.75, 3.05) is 18.1 Å². The average Bonchev–Trinajstić information content (AvgIpc) is 3.17. The van der Waals surface area contributed by atoms with Crippen LogP contribution in [0.4, 0.5) is 5.69 Å². The fourth-order valence-electron chi connectivity index (χ4n) is 3.90. The maximum atomic E-state index is 13.3. The first-order valence-corrected chi connectivity index (χ1v) is 11.3. The van der Waals surface area contributed by atoms with Crippen LogP contribution in [0.1, 0.15) is 34.2 Å². The van der Waals surface area contributed by atoms with Gasteiger partial charge < -0.3 is 15.0 Å². The van der Waals surface area contributed by atoms with Crippen LogP contribution in [0.15, 0.2) is 72.8 Å². The molecule has 0 saturated carbocycles. The van der Waals surface area contributed by atoms with Crippen molar-refractivity contribution < 1.29 is 14.3 Å². The number of amides is 1. The van der Waals surface area contributed by atoms with Crippen LogP contribution >= 0.6 is 12.4 Å². The molecular formula is C27H28ClN5O3. The monoisotopic (exact) mass is 505 g/mol. The van der Waals surface area contributed by atoms with Crippen molar-refractivity contribution in [3.05, 3.63) is 95.3 Å². The molecule has 0 aliphatic heterocycles. The molecule has 36 heavy (non-hydrogen) atoms. The summed E-state index contributed by atoms with van der Waals surface area (Å²) in [6.45, 7) is 1.77. The summed E-state index contributed by atoms with van der Waals surface area (Å²) in [6.07, 6.45) is 0.591. The van der Waals surface area contributed by atoms with Gasteiger partial charge in [-0.25, -0.2) is 4.98 Å². The SMILES string of the molecule is CCOC(=O)CN(C(=O)c1ccccc1)c1ccc2c(c1)nc(Cc1ccc(C(=N)N)cc1)n2C.Cl. The molecule has 0 atom stereocenters. The summed E-state index contributed by atoms with van der Waals surface area (Å²) in [4.78, 5) is 31.8. The van der Waals surface area contributed by atoms with Crippen molar-refractivity contribution in [3.63, 3.8) is 0 Å². The fraction of sp³-hybridized carbons (Fsp3) is 0.185. The van der Waals surface area contributed by atoms with Crippen LogP contribution in [-0.2, 0) is 23.0 Å². The summed E-state index contributed by atoms with van der Waals surface area (Å²) in [6, 6.07) is 21.9. The Hall–Kier alpha value is -4.17. The number of fused-ring (bicyclic) bond motifs is 1. The molecule has 0 fully saturated rings. The number of anilines is 1. The number of carbonyl (C=O) groups excluding carboxylic acids is 2. The summed E-state index contributed by atoms with van der Waals surface area (Å²) in [5, 5.41) is 7.54. The Morgan fingerprint density at radius 1 is 1.03 bits per heavy atom. The van der Waals surface area contributed by atoms with Crippen LogP contribution in [0.3, 0.4) is 0 Å². The smallest absolute Gasteiger partial charge is 0.326 e. The number of carbonyl (C=O) groups is 2. The summed E-state index contributed by atoms with van der Waals surface area (Å²) in [5.41, 5.74) is 9.93. The number of imidazole rings is 1. The Morgan fingerprint density at radius 2 is 1.72 bits per heavy atom. The molecule has 0 radical (unpaired) electrons. The lowest BCUT2D eigenvalue weighted by Gasteiger charge is -2.22. The van der Waals surface area contributed by atoms with Gasteiger partial charge in [-0.3, -0.25) is 19.9 Å². The molecule has 3 aromatic carbocycles. The molecular weight excluding hydrogens is 478 g/mol. The van der Waals surface area contributed by atoms with E-state index in [4.69, 9.17) is 20.9 Å². The number of nitrogen functional groups attached to an aromatic ring is 1. The molecule has 1 amide bonds. The average molecular weight is 506 g/mol. The number of aromatic nitrogens is 2. The molecule has 4 aromatic rings. The number of nitrogens with two attached hydrogens (primary N) is 1. The van der Waals surface area contributed by atoms with Gasteiger partial charge in [0.05, 0.1) is 17.6 Å². The normalized spacial score (nSPS) is 10.5. The predicted octanol–water partition coefficient (Wildman–Crippen LogP) is 4.08. The van der Waals surface area contributed by atoms with Crippen molar-refractivity contribution in [2.45, 2.75) is 13.3 Å². The van der Waals surface area contributed by atoms with Crippen molar-refractivity contribution in [1.29, 1.82) is 5.41 Å². The van der Waals surface area contributed by atoms with Gasteiger partial charge in [0, 0.05) is 30.3 Å². The zero-order chi connectivity index (χ0) is 24.9. The van der Waals surface area contributed by atoms with Crippen LogP contribution in [0.25, 0.3) is 11.0 Å². The lowest BCUT2D eigenvalue weighted by Crippen LogP contribution is -2.36. The number of aryl methyl sites for hydroxylation is 1. The second kappa shape index (κ2) is 11.5. The number of hydrogen-bond donors (Lipinski definition) is 2. The summed E-state index contributed by atoms with van der Waals surface area (Å²) in [7, 11) is 1.94. The molecule has 0 aliphatic rings. The zero-order valence-corrected chi connectivity index (χ0v) is 20.9. The Bertz CT molecular complexity index is 1380. The van der Waals surface area contributed by atoms with Gasteiger partial charge in [0.2, 0.25) is 0 Å². The van der Waals surface area contributed by atoms with Gasteiger partial charge in [-0.05, 0) is 42.8 Å². The minimum atomic E-state index is -0.479. The topological polar surface area (TPSA) is 114 Å². The van der Waals surface area contributed by atoms with E-state index in [0.29, 0.717) is 23.2 Å². The van der Waals surface area contributed by atoms with E-state index < -0.39 is 5.97 Å². The Morgan fingerprint density at radius 3 is 2.36 bits per heavy atom. The third-order valence-corrected chi connectivity index (χ3v) is 5.75. The molecule has 186 valence electrons. The van der Waals surface area contributed by atoms with Gasteiger partial charge >= 0.3 is 5.97 Å². The van der Waals surface area contributed by atoms with Crippen LogP contribution in [0.5, 0.6) is 0 Å². The Kier molecular flexibility index (Phi) is 8.45. The second-order valence-electron chi connectivity index (χ2n) is 8.11. The standard InChI is InChI=1S/C27H27N5O3.ClH/c1-3-35-25(33)17-32(27(34)20-7-5-4-6-8-20)21-13-14-23-22(16-21)30-24(31(23)2)15-18-9-11-19(12-10-18)26(28)29;/h4-14,16H,3,15,17H2,1-2H3,(H3,28,29);1H. The van der Waals surface area contributed by atoms with Crippen LogP contribution in [0, 0.1) is 5.41 Å². The summed E-state index contributed by atoms with van der Waals surface area (Å²) < 4.78 is 7.11. The molecule has 8 nitrogen and oxygen atoms in total. The van der Waals surface area contributed by atoms with Crippen molar-refractivity contribution >= 4 is 46.8 Å². The first-order chi connectivity index (χ1) is 16.9. The number of benzene rings is 3. The van der Waals surface area contributed by atoms with Gasteiger partial charge in [0.15, 0.2) is 0 Å².